The second-order valence-corrected chi connectivity index (χ2v) is 6.00. The molecule has 0 saturated heterocycles. The average Bonchev–Trinajstić information content (AvgIpc) is 2.39. The molecule has 0 spiro atoms. The van der Waals surface area contributed by atoms with E-state index in [-0.39, 0.29) is 27.1 Å². The highest BCUT2D eigenvalue weighted by molar-refractivity contribution is 7.85. The van der Waals surface area contributed by atoms with Crippen molar-refractivity contribution in [1.82, 2.24) is 5.32 Å². The number of rotatable bonds is 7. The molecule has 1 aromatic carbocycles. The van der Waals surface area contributed by atoms with Crippen LogP contribution >= 0.6 is 11.6 Å². The van der Waals surface area contributed by atoms with E-state index in [2.05, 4.69) is 5.32 Å². The molecule has 0 heterocycles. The first-order valence-electron chi connectivity index (χ1n) is 6.13. The van der Waals surface area contributed by atoms with Crippen molar-refractivity contribution in [2.75, 3.05) is 12.3 Å². The molecule has 110 valence electrons. The van der Waals surface area contributed by atoms with Gasteiger partial charge in [-0.15, -0.1) is 0 Å². The smallest absolute Gasteiger partial charge is 0.337 e. The van der Waals surface area contributed by atoms with Crippen molar-refractivity contribution >= 4 is 34.3 Å². The molecule has 0 aromatic heterocycles. The maximum Gasteiger partial charge on any atom is 0.337 e. The fraction of sp³-hybridized carbons (Fsp3) is 0.385. The van der Waals surface area contributed by atoms with Crippen molar-refractivity contribution in [3.05, 3.63) is 28.8 Å². The predicted octanol–water partition coefficient (Wildman–Crippen LogP) is 2.06. The van der Waals surface area contributed by atoms with E-state index in [0.717, 1.165) is 12.8 Å². The van der Waals surface area contributed by atoms with E-state index in [1.54, 1.807) is 0 Å². The summed E-state index contributed by atoms with van der Waals surface area (Å²) in [6.45, 7) is 2.55. The first kappa shape index (κ1) is 16.7. The summed E-state index contributed by atoms with van der Waals surface area (Å²) in [5.41, 5.74) is -0.121. The van der Waals surface area contributed by atoms with Crippen molar-refractivity contribution in [3.63, 3.8) is 0 Å². The first-order valence-corrected chi connectivity index (χ1v) is 7.83. The van der Waals surface area contributed by atoms with E-state index in [1.165, 1.54) is 18.2 Å². The van der Waals surface area contributed by atoms with Crippen molar-refractivity contribution in [1.29, 1.82) is 0 Å². The molecule has 0 fully saturated rings. The number of aromatic carboxylic acids is 1. The van der Waals surface area contributed by atoms with Gasteiger partial charge < -0.3 is 10.4 Å². The molecule has 20 heavy (non-hydrogen) atoms. The van der Waals surface area contributed by atoms with Crippen LogP contribution in [0, 0.1) is 0 Å². The van der Waals surface area contributed by atoms with E-state index in [0.29, 0.717) is 6.54 Å². The third kappa shape index (κ3) is 4.94. The number of nitrogens with one attached hydrogen (secondary N) is 1. The molecule has 1 amide bonds. The maximum absolute atomic E-state index is 12.0. The fourth-order valence-corrected chi connectivity index (χ4v) is 2.64. The molecule has 0 radical (unpaired) electrons. The van der Waals surface area contributed by atoms with E-state index in [9.17, 15) is 13.8 Å². The molecule has 0 aliphatic rings. The molecule has 0 saturated carbocycles. The molecule has 1 atom stereocenters. The Morgan fingerprint density at radius 3 is 2.70 bits per heavy atom. The summed E-state index contributed by atoms with van der Waals surface area (Å²) in [6.07, 6.45) is 1.82. The van der Waals surface area contributed by atoms with Crippen molar-refractivity contribution in [3.8, 4) is 0 Å². The van der Waals surface area contributed by atoms with E-state index in [1.807, 2.05) is 6.92 Å². The molecular weight excluding hydrogens is 302 g/mol. The number of halogens is 1. The molecule has 0 aliphatic carbocycles. The van der Waals surface area contributed by atoms with E-state index >= 15 is 0 Å². The second-order valence-electron chi connectivity index (χ2n) is 4.14. The van der Waals surface area contributed by atoms with Crippen LogP contribution < -0.4 is 5.32 Å². The lowest BCUT2D eigenvalue weighted by atomic mass is 10.2. The Morgan fingerprint density at radius 2 is 2.10 bits per heavy atom. The molecule has 1 aromatic rings. The zero-order valence-corrected chi connectivity index (χ0v) is 12.6. The molecule has 5 nitrogen and oxygen atoms in total. The zero-order valence-electron chi connectivity index (χ0n) is 11.0. The number of hydrogen-bond donors (Lipinski definition) is 2. The second kappa shape index (κ2) is 8.01. The van der Waals surface area contributed by atoms with E-state index < -0.39 is 16.8 Å². The highest BCUT2D eigenvalue weighted by Gasteiger charge is 2.14. The lowest BCUT2D eigenvalue weighted by Gasteiger charge is -2.06. The SMILES string of the molecule is CCCCNC(=O)CS(=O)c1ccc(Cl)c(C(=O)O)c1. The third-order valence-corrected chi connectivity index (χ3v) is 4.18. The Balaban J connectivity index is 2.70. The third-order valence-electron chi connectivity index (χ3n) is 2.55. The van der Waals surface area contributed by atoms with Crippen LogP contribution in [0.5, 0.6) is 0 Å². The van der Waals surface area contributed by atoms with Gasteiger partial charge in [-0.25, -0.2) is 4.79 Å². The van der Waals surface area contributed by atoms with Crippen LogP contribution in [0.15, 0.2) is 23.1 Å². The van der Waals surface area contributed by atoms with Crippen LogP contribution in [0.25, 0.3) is 0 Å². The Bertz CT molecular complexity index is 533. The minimum atomic E-state index is -1.59. The van der Waals surface area contributed by atoms with E-state index in [4.69, 9.17) is 16.7 Å². The zero-order chi connectivity index (χ0) is 15.1. The summed E-state index contributed by atoms with van der Waals surface area (Å²) in [5, 5.41) is 11.7. The van der Waals surface area contributed by atoms with Crippen LogP contribution in [0.3, 0.4) is 0 Å². The number of amides is 1. The topological polar surface area (TPSA) is 83.5 Å². The highest BCUT2D eigenvalue weighted by atomic mass is 35.5. The number of benzene rings is 1. The molecule has 1 rings (SSSR count). The Hall–Kier alpha value is -1.40. The van der Waals surface area contributed by atoms with Crippen LogP contribution in [-0.4, -0.2) is 33.5 Å². The number of carboxylic acid groups (broad SMARTS) is 1. The van der Waals surface area contributed by atoms with Gasteiger partial charge in [0.25, 0.3) is 0 Å². The normalized spacial score (nSPS) is 11.9. The van der Waals surface area contributed by atoms with Gasteiger partial charge in [0.2, 0.25) is 5.91 Å². The summed E-state index contributed by atoms with van der Waals surface area (Å²) in [7, 11) is -1.59. The van der Waals surface area contributed by atoms with Crippen LogP contribution in [0.1, 0.15) is 30.1 Å². The fourth-order valence-electron chi connectivity index (χ4n) is 1.47. The molecular formula is C13H16ClNO4S. The van der Waals surface area contributed by atoms with Crippen LogP contribution in [0.2, 0.25) is 5.02 Å². The summed E-state index contributed by atoms with van der Waals surface area (Å²) in [6, 6.07) is 4.07. The standard InChI is InChI=1S/C13H16ClNO4S/c1-2-3-6-15-12(16)8-20(19)9-4-5-11(14)10(7-9)13(17)18/h4-5,7H,2-3,6,8H2,1H3,(H,15,16)(H,17,18). The molecule has 0 aliphatic heterocycles. The largest absolute Gasteiger partial charge is 0.478 e. The molecule has 7 heteroatoms. The number of unbranched alkanes of at least 4 members (excludes halogenated alkanes) is 1. The van der Waals surface area contributed by atoms with Crippen LogP contribution in [0.4, 0.5) is 0 Å². The van der Waals surface area contributed by atoms with Gasteiger partial charge in [0.15, 0.2) is 0 Å². The summed E-state index contributed by atoms with van der Waals surface area (Å²) in [4.78, 5) is 22.7. The minimum absolute atomic E-state index is 0.0747. The summed E-state index contributed by atoms with van der Waals surface area (Å²) < 4.78 is 12.0. The number of carboxylic acids is 1. The molecule has 2 N–H and O–H groups in total. The lowest BCUT2D eigenvalue weighted by molar-refractivity contribution is -0.118. The van der Waals surface area contributed by atoms with Gasteiger partial charge in [-0.2, -0.15) is 0 Å². The maximum atomic E-state index is 12.0. The van der Waals surface area contributed by atoms with Gasteiger partial charge in [-0.3, -0.25) is 9.00 Å². The number of hydrogen-bond acceptors (Lipinski definition) is 3. The van der Waals surface area contributed by atoms with Gasteiger partial charge >= 0.3 is 5.97 Å². The number of carbonyl (C=O) groups is 2. The summed E-state index contributed by atoms with van der Waals surface area (Å²) >= 11 is 5.73. The minimum Gasteiger partial charge on any atom is -0.478 e. The van der Waals surface area contributed by atoms with Crippen molar-refractivity contribution in [2.45, 2.75) is 24.7 Å². The molecule has 1 unspecified atom stereocenters. The lowest BCUT2D eigenvalue weighted by Crippen LogP contribution is -2.29. The quantitative estimate of drug-likeness (QED) is 0.754. The van der Waals surface area contributed by atoms with Gasteiger partial charge in [-0.1, -0.05) is 24.9 Å². The van der Waals surface area contributed by atoms with Crippen molar-refractivity contribution < 1.29 is 18.9 Å². The monoisotopic (exact) mass is 317 g/mol. The molecule has 0 bridgehead atoms. The van der Waals surface area contributed by atoms with Crippen molar-refractivity contribution in [2.24, 2.45) is 0 Å². The van der Waals surface area contributed by atoms with Gasteiger partial charge in [0.1, 0.15) is 5.75 Å². The Labute approximate surface area is 124 Å². The van der Waals surface area contributed by atoms with Gasteiger partial charge in [0, 0.05) is 11.4 Å². The Morgan fingerprint density at radius 1 is 1.40 bits per heavy atom. The van der Waals surface area contributed by atoms with Gasteiger partial charge in [-0.05, 0) is 24.6 Å². The van der Waals surface area contributed by atoms with Crippen LogP contribution in [-0.2, 0) is 15.6 Å². The van der Waals surface area contributed by atoms with Gasteiger partial charge in [0.05, 0.1) is 21.4 Å². The first-order chi connectivity index (χ1) is 9.45. The highest BCUT2D eigenvalue weighted by Crippen LogP contribution is 2.19. The predicted molar refractivity (Wildman–Crippen MR) is 77.6 cm³/mol. The Kier molecular flexibility index (Phi) is 6.67. The average molecular weight is 318 g/mol. The summed E-state index contributed by atoms with van der Waals surface area (Å²) in [5.74, 6) is -1.70. The number of carbonyl (C=O) groups excluding carboxylic acids is 1.